The maximum absolute atomic E-state index is 13.0. The number of hydrogen-bond donors (Lipinski definition) is 2. The molecule has 0 bridgehead atoms. The van der Waals surface area contributed by atoms with E-state index in [0.717, 1.165) is 0 Å². The molecule has 0 aliphatic carbocycles. The van der Waals surface area contributed by atoms with Gasteiger partial charge in [0.1, 0.15) is 16.5 Å². The lowest BCUT2D eigenvalue weighted by atomic mass is 10.2. The number of benzene rings is 1. The van der Waals surface area contributed by atoms with Crippen LogP contribution in [0.3, 0.4) is 0 Å². The molecular weight excluding hydrogens is 281 g/mol. The molecule has 106 valence electrons. The molecule has 0 saturated carbocycles. The smallest absolute Gasteiger partial charge is 0.244 e. The molecule has 2 rings (SSSR count). The Hall–Kier alpha value is -1.99. The molecule has 7 heteroatoms. The summed E-state index contributed by atoms with van der Waals surface area (Å²) in [5, 5.41) is 2.72. The van der Waals surface area contributed by atoms with E-state index in [1.807, 2.05) is 0 Å². The quantitative estimate of drug-likeness (QED) is 0.881. The molecule has 0 fully saturated rings. The Bertz CT molecular complexity index is 704. The minimum Gasteiger partial charge on any atom is -0.372 e. The van der Waals surface area contributed by atoms with Crippen LogP contribution in [0.5, 0.6) is 0 Å². The van der Waals surface area contributed by atoms with E-state index in [0.29, 0.717) is 5.56 Å². The first kappa shape index (κ1) is 14.4. The van der Waals surface area contributed by atoms with Crippen LogP contribution in [-0.2, 0) is 16.6 Å². The maximum Gasteiger partial charge on any atom is 0.244 e. The summed E-state index contributed by atoms with van der Waals surface area (Å²) in [6.07, 6.45) is 1.50. The molecule has 0 saturated heterocycles. The Labute approximate surface area is 116 Å². The largest absolute Gasteiger partial charge is 0.372 e. The van der Waals surface area contributed by atoms with Crippen molar-refractivity contribution >= 4 is 15.8 Å². The standard InChI is InChI=1S/C13H14FN3O2S/c1-15-13-12(6-3-7-16-13)20(18,19)17-9-10-4-2-5-11(14)8-10/h2-8,17H,9H2,1H3,(H,15,16). The summed E-state index contributed by atoms with van der Waals surface area (Å²) in [5.74, 6) is -0.141. The molecule has 0 spiro atoms. The number of rotatable bonds is 5. The van der Waals surface area contributed by atoms with Gasteiger partial charge in [0.2, 0.25) is 10.0 Å². The van der Waals surface area contributed by atoms with Gasteiger partial charge >= 0.3 is 0 Å². The molecule has 0 amide bonds. The topological polar surface area (TPSA) is 71.1 Å². The van der Waals surface area contributed by atoms with Gasteiger partial charge in [-0.15, -0.1) is 0 Å². The van der Waals surface area contributed by atoms with Crippen LogP contribution in [0.25, 0.3) is 0 Å². The first-order valence-corrected chi connectivity index (χ1v) is 7.38. The van der Waals surface area contributed by atoms with Gasteiger partial charge in [0.15, 0.2) is 0 Å². The minimum absolute atomic E-state index is 0.0120. The number of aromatic nitrogens is 1. The molecular formula is C13H14FN3O2S. The summed E-state index contributed by atoms with van der Waals surface area (Å²) in [6.45, 7) is 0.0120. The third-order valence-electron chi connectivity index (χ3n) is 2.65. The van der Waals surface area contributed by atoms with Crippen molar-refractivity contribution < 1.29 is 12.8 Å². The fourth-order valence-corrected chi connectivity index (χ4v) is 2.88. The summed E-state index contributed by atoms with van der Waals surface area (Å²) in [7, 11) is -2.12. The van der Waals surface area contributed by atoms with Crippen LogP contribution in [0, 0.1) is 5.82 Å². The third-order valence-corrected chi connectivity index (χ3v) is 4.09. The molecule has 1 heterocycles. The second-order valence-corrected chi connectivity index (χ2v) is 5.79. The van der Waals surface area contributed by atoms with Crippen molar-refractivity contribution in [1.29, 1.82) is 0 Å². The van der Waals surface area contributed by atoms with Crippen LogP contribution in [-0.4, -0.2) is 20.4 Å². The minimum atomic E-state index is -3.71. The van der Waals surface area contributed by atoms with Crippen molar-refractivity contribution in [3.05, 3.63) is 54.0 Å². The summed E-state index contributed by atoms with van der Waals surface area (Å²) in [6, 6.07) is 8.75. The van der Waals surface area contributed by atoms with Crippen LogP contribution in [0.4, 0.5) is 10.2 Å². The van der Waals surface area contributed by atoms with Gasteiger partial charge in [-0.1, -0.05) is 12.1 Å². The predicted octanol–water partition coefficient (Wildman–Crippen LogP) is 1.74. The Morgan fingerprint density at radius 2 is 2.05 bits per heavy atom. The van der Waals surface area contributed by atoms with E-state index in [1.165, 1.54) is 36.5 Å². The fourth-order valence-electron chi connectivity index (χ4n) is 1.70. The molecule has 0 aliphatic rings. The van der Waals surface area contributed by atoms with E-state index in [2.05, 4.69) is 15.0 Å². The lowest BCUT2D eigenvalue weighted by Gasteiger charge is -2.10. The first-order valence-electron chi connectivity index (χ1n) is 5.90. The Morgan fingerprint density at radius 3 is 2.75 bits per heavy atom. The zero-order valence-electron chi connectivity index (χ0n) is 10.8. The lowest BCUT2D eigenvalue weighted by molar-refractivity contribution is 0.580. The fraction of sp³-hybridized carbons (Fsp3) is 0.154. The highest BCUT2D eigenvalue weighted by atomic mass is 32.2. The van der Waals surface area contributed by atoms with Gasteiger partial charge in [-0.05, 0) is 29.8 Å². The molecule has 0 atom stereocenters. The van der Waals surface area contributed by atoms with Crippen molar-refractivity contribution in [3.8, 4) is 0 Å². The van der Waals surface area contributed by atoms with E-state index in [9.17, 15) is 12.8 Å². The molecule has 1 aromatic carbocycles. The normalized spacial score (nSPS) is 11.3. The van der Waals surface area contributed by atoms with Crippen molar-refractivity contribution in [1.82, 2.24) is 9.71 Å². The Morgan fingerprint density at radius 1 is 1.25 bits per heavy atom. The number of halogens is 1. The van der Waals surface area contributed by atoms with Crippen molar-refractivity contribution in [3.63, 3.8) is 0 Å². The monoisotopic (exact) mass is 295 g/mol. The first-order chi connectivity index (χ1) is 9.53. The SMILES string of the molecule is CNc1ncccc1S(=O)(=O)NCc1cccc(F)c1. The average molecular weight is 295 g/mol. The van der Waals surface area contributed by atoms with Gasteiger partial charge < -0.3 is 5.32 Å². The van der Waals surface area contributed by atoms with Gasteiger partial charge in [0.05, 0.1) is 0 Å². The van der Waals surface area contributed by atoms with Crippen molar-refractivity contribution in [2.75, 3.05) is 12.4 Å². The average Bonchev–Trinajstić information content (AvgIpc) is 2.45. The molecule has 5 nitrogen and oxygen atoms in total. The maximum atomic E-state index is 13.0. The van der Waals surface area contributed by atoms with Gasteiger partial charge in [0.25, 0.3) is 0 Å². The number of sulfonamides is 1. The van der Waals surface area contributed by atoms with E-state index in [4.69, 9.17) is 0 Å². The van der Waals surface area contributed by atoms with Crippen LogP contribution >= 0.6 is 0 Å². The van der Waals surface area contributed by atoms with Gasteiger partial charge in [-0.25, -0.2) is 22.5 Å². The summed E-state index contributed by atoms with van der Waals surface area (Å²) in [5.41, 5.74) is 0.545. The lowest BCUT2D eigenvalue weighted by Crippen LogP contribution is -2.24. The number of nitrogens with zero attached hydrogens (tertiary/aromatic N) is 1. The zero-order valence-corrected chi connectivity index (χ0v) is 11.6. The summed E-state index contributed by atoms with van der Waals surface area (Å²) >= 11 is 0. The van der Waals surface area contributed by atoms with Crippen LogP contribution in [0.1, 0.15) is 5.56 Å². The molecule has 1 aromatic heterocycles. The number of pyridine rings is 1. The highest BCUT2D eigenvalue weighted by molar-refractivity contribution is 7.89. The molecule has 0 radical (unpaired) electrons. The summed E-state index contributed by atoms with van der Waals surface area (Å²) < 4.78 is 39.8. The molecule has 0 aliphatic heterocycles. The Balaban J connectivity index is 2.19. The van der Waals surface area contributed by atoms with Crippen LogP contribution < -0.4 is 10.0 Å². The van der Waals surface area contributed by atoms with E-state index in [1.54, 1.807) is 13.1 Å². The number of anilines is 1. The van der Waals surface area contributed by atoms with Gasteiger partial charge in [-0.3, -0.25) is 0 Å². The highest BCUT2D eigenvalue weighted by Crippen LogP contribution is 2.17. The van der Waals surface area contributed by atoms with E-state index in [-0.39, 0.29) is 17.3 Å². The molecule has 0 unspecified atom stereocenters. The third kappa shape index (κ3) is 3.31. The van der Waals surface area contributed by atoms with Crippen molar-refractivity contribution in [2.24, 2.45) is 0 Å². The molecule has 20 heavy (non-hydrogen) atoms. The second-order valence-electron chi connectivity index (χ2n) is 4.05. The Kier molecular flexibility index (Phi) is 4.31. The summed E-state index contributed by atoms with van der Waals surface area (Å²) in [4.78, 5) is 4.00. The van der Waals surface area contributed by atoms with Gasteiger partial charge in [-0.2, -0.15) is 0 Å². The molecule has 2 aromatic rings. The number of hydrogen-bond acceptors (Lipinski definition) is 4. The highest BCUT2D eigenvalue weighted by Gasteiger charge is 2.18. The van der Waals surface area contributed by atoms with Gasteiger partial charge in [0, 0.05) is 19.8 Å². The van der Waals surface area contributed by atoms with Crippen LogP contribution in [0.2, 0.25) is 0 Å². The van der Waals surface area contributed by atoms with Crippen molar-refractivity contribution in [2.45, 2.75) is 11.4 Å². The van der Waals surface area contributed by atoms with E-state index >= 15 is 0 Å². The van der Waals surface area contributed by atoms with E-state index < -0.39 is 15.8 Å². The second kappa shape index (κ2) is 5.98. The number of nitrogens with one attached hydrogen (secondary N) is 2. The molecule has 2 N–H and O–H groups in total. The predicted molar refractivity (Wildman–Crippen MR) is 74.2 cm³/mol. The zero-order chi connectivity index (χ0) is 14.6. The van der Waals surface area contributed by atoms with Crippen LogP contribution in [0.15, 0.2) is 47.5 Å².